The number of aromatic nitrogens is 2. The molecule has 0 aliphatic carbocycles. The Morgan fingerprint density at radius 2 is 1.93 bits per heavy atom. The minimum Gasteiger partial charge on any atom is -0.369 e. The monoisotopic (exact) mass is 398 g/mol. The third-order valence-electron chi connectivity index (χ3n) is 5.10. The number of fused-ring (bicyclic) bond motifs is 1. The second-order valence-corrected chi connectivity index (χ2v) is 7.29. The van der Waals surface area contributed by atoms with Crippen molar-refractivity contribution < 1.29 is 13.2 Å². The van der Waals surface area contributed by atoms with Crippen molar-refractivity contribution in [1.29, 1.82) is 0 Å². The first-order valence-corrected chi connectivity index (χ1v) is 9.44. The maximum Gasteiger partial charge on any atom is 0.416 e. The summed E-state index contributed by atoms with van der Waals surface area (Å²) in [5, 5.41) is 6.31. The van der Waals surface area contributed by atoms with Gasteiger partial charge in [-0.05, 0) is 47.7 Å². The molecule has 0 saturated heterocycles. The van der Waals surface area contributed by atoms with Gasteiger partial charge < -0.3 is 10.6 Å². The van der Waals surface area contributed by atoms with E-state index < -0.39 is 11.7 Å². The molecule has 1 unspecified atom stereocenters. The average Bonchev–Trinajstić information content (AvgIpc) is 3.09. The summed E-state index contributed by atoms with van der Waals surface area (Å²) < 4.78 is 39.3. The van der Waals surface area contributed by atoms with E-state index >= 15 is 0 Å². The molecule has 150 valence electrons. The van der Waals surface area contributed by atoms with Crippen LogP contribution in [0.15, 0.2) is 54.9 Å². The zero-order chi connectivity index (χ0) is 20.4. The summed E-state index contributed by atoms with van der Waals surface area (Å²) >= 11 is 0. The molecule has 0 fully saturated rings. The smallest absolute Gasteiger partial charge is 0.369 e. The van der Waals surface area contributed by atoms with Gasteiger partial charge in [0, 0.05) is 31.4 Å². The summed E-state index contributed by atoms with van der Waals surface area (Å²) in [5.74, 6) is 1.82. The van der Waals surface area contributed by atoms with Gasteiger partial charge in [-0.1, -0.05) is 30.3 Å². The standard InChI is InChI=1S/C22H21F3N4/c1-14-8-18-17(13-29-21(18)28-10-14)9-15-6-7-20(26-11-15)27-12-16-4-2-3-5-19(16)22(23,24)25/h2-8,10-11,17H,9,12-13H2,1H3,(H,26,27)(H,28,29). The number of nitrogens with zero attached hydrogens (tertiary/aromatic N) is 2. The molecule has 0 spiro atoms. The topological polar surface area (TPSA) is 49.8 Å². The number of rotatable bonds is 5. The van der Waals surface area contributed by atoms with Gasteiger partial charge in [-0.15, -0.1) is 0 Å². The maximum absolute atomic E-state index is 13.1. The zero-order valence-corrected chi connectivity index (χ0v) is 15.9. The average molecular weight is 398 g/mol. The molecule has 1 aromatic carbocycles. The molecule has 29 heavy (non-hydrogen) atoms. The van der Waals surface area contributed by atoms with Crippen molar-refractivity contribution in [2.75, 3.05) is 17.2 Å². The van der Waals surface area contributed by atoms with E-state index in [1.54, 1.807) is 12.3 Å². The molecule has 3 aromatic rings. The van der Waals surface area contributed by atoms with Crippen LogP contribution in [0.1, 0.15) is 33.7 Å². The number of pyridine rings is 2. The number of aryl methyl sites for hydroxylation is 1. The third kappa shape index (κ3) is 4.34. The highest BCUT2D eigenvalue weighted by molar-refractivity contribution is 5.53. The predicted octanol–water partition coefficient (Wildman–Crippen LogP) is 5.17. The fourth-order valence-electron chi connectivity index (χ4n) is 3.63. The molecule has 1 aliphatic heterocycles. The van der Waals surface area contributed by atoms with Gasteiger partial charge in [-0.25, -0.2) is 9.97 Å². The van der Waals surface area contributed by atoms with E-state index in [2.05, 4.69) is 26.7 Å². The summed E-state index contributed by atoms with van der Waals surface area (Å²) in [7, 11) is 0. The van der Waals surface area contributed by atoms with Crippen LogP contribution < -0.4 is 10.6 Å². The van der Waals surface area contributed by atoms with Crippen LogP contribution in [0.2, 0.25) is 0 Å². The van der Waals surface area contributed by atoms with E-state index in [9.17, 15) is 13.2 Å². The van der Waals surface area contributed by atoms with Crippen molar-refractivity contribution in [3.05, 3.63) is 82.7 Å². The van der Waals surface area contributed by atoms with E-state index in [1.165, 1.54) is 17.7 Å². The second kappa shape index (κ2) is 7.73. The van der Waals surface area contributed by atoms with Crippen molar-refractivity contribution in [1.82, 2.24) is 9.97 Å². The first kappa shape index (κ1) is 19.2. The minimum absolute atomic E-state index is 0.0624. The Morgan fingerprint density at radius 3 is 2.69 bits per heavy atom. The molecule has 0 bridgehead atoms. The van der Waals surface area contributed by atoms with Gasteiger partial charge in [0.15, 0.2) is 0 Å². The van der Waals surface area contributed by atoms with Crippen molar-refractivity contribution in [3.8, 4) is 0 Å². The van der Waals surface area contributed by atoms with Gasteiger partial charge in [0.25, 0.3) is 0 Å². The Labute approximate surface area is 167 Å². The minimum atomic E-state index is -4.37. The molecular formula is C22H21F3N4. The fraction of sp³-hybridized carbons (Fsp3) is 0.273. The predicted molar refractivity (Wildman–Crippen MR) is 107 cm³/mol. The highest BCUT2D eigenvalue weighted by atomic mass is 19.4. The molecule has 2 aromatic heterocycles. The molecule has 0 amide bonds. The lowest BCUT2D eigenvalue weighted by Crippen LogP contribution is -2.12. The van der Waals surface area contributed by atoms with Crippen LogP contribution in [0, 0.1) is 6.92 Å². The summed E-state index contributed by atoms with van der Waals surface area (Å²) in [4.78, 5) is 8.80. The van der Waals surface area contributed by atoms with Crippen molar-refractivity contribution in [3.63, 3.8) is 0 Å². The van der Waals surface area contributed by atoms with Gasteiger partial charge >= 0.3 is 6.18 Å². The van der Waals surface area contributed by atoms with Crippen molar-refractivity contribution >= 4 is 11.6 Å². The van der Waals surface area contributed by atoms with E-state index in [0.29, 0.717) is 11.7 Å². The quantitative estimate of drug-likeness (QED) is 0.623. The van der Waals surface area contributed by atoms with Gasteiger partial charge in [0.2, 0.25) is 0 Å². The van der Waals surface area contributed by atoms with Crippen molar-refractivity contribution in [2.45, 2.75) is 32.0 Å². The Morgan fingerprint density at radius 1 is 1.10 bits per heavy atom. The summed E-state index contributed by atoms with van der Waals surface area (Å²) in [5.41, 5.74) is 3.00. The molecule has 0 saturated carbocycles. The summed E-state index contributed by atoms with van der Waals surface area (Å²) in [6, 6.07) is 11.5. The molecule has 0 radical (unpaired) electrons. The van der Waals surface area contributed by atoms with E-state index in [4.69, 9.17) is 0 Å². The molecular weight excluding hydrogens is 377 g/mol. The lowest BCUT2D eigenvalue weighted by molar-refractivity contribution is -0.138. The highest BCUT2D eigenvalue weighted by Crippen LogP contribution is 2.33. The number of hydrogen-bond acceptors (Lipinski definition) is 4. The van der Waals surface area contributed by atoms with E-state index in [1.807, 2.05) is 25.3 Å². The number of hydrogen-bond donors (Lipinski definition) is 2. The third-order valence-corrected chi connectivity index (χ3v) is 5.10. The SMILES string of the molecule is Cc1cnc2c(c1)C(Cc1ccc(NCc3ccccc3C(F)(F)F)nc1)CN2. The summed E-state index contributed by atoms with van der Waals surface area (Å²) in [6.07, 6.45) is 0.0933. The van der Waals surface area contributed by atoms with Crippen LogP contribution in [0.4, 0.5) is 24.8 Å². The van der Waals surface area contributed by atoms with Crippen LogP contribution in [-0.4, -0.2) is 16.5 Å². The zero-order valence-electron chi connectivity index (χ0n) is 15.9. The lowest BCUT2D eigenvalue weighted by atomic mass is 9.95. The Balaban J connectivity index is 1.41. The van der Waals surface area contributed by atoms with Gasteiger partial charge in [-0.2, -0.15) is 13.2 Å². The largest absolute Gasteiger partial charge is 0.416 e. The van der Waals surface area contributed by atoms with E-state index in [-0.39, 0.29) is 12.1 Å². The normalized spacial score (nSPS) is 15.7. The Hall–Kier alpha value is -3.09. The second-order valence-electron chi connectivity index (χ2n) is 7.29. The van der Waals surface area contributed by atoms with Crippen LogP contribution in [0.3, 0.4) is 0 Å². The molecule has 1 atom stereocenters. The Bertz CT molecular complexity index is 1000. The Kier molecular flexibility index (Phi) is 5.13. The van der Waals surface area contributed by atoms with Gasteiger partial charge in [-0.3, -0.25) is 0 Å². The number of nitrogens with one attached hydrogen (secondary N) is 2. The maximum atomic E-state index is 13.1. The van der Waals surface area contributed by atoms with Gasteiger partial charge in [0.05, 0.1) is 5.56 Å². The molecule has 4 nitrogen and oxygen atoms in total. The van der Waals surface area contributed by atoms with Crippen LogP contribution in [0.5, 0.6) is 0 Å². The number of benzene rings is 1. The van der Waals surface area contributed by atoms with Gasteiger partial charge in [0.1, 0.15) is 11.6 Å². The molecule has 1 aliphatic rings. The first-order chi connectivity index (χ1) is 13.9. The molecule has 4 rings (SSSR count). The van der Waals surface area contributed by atoms with E-state index in [0.717, 1.165) is 36.0 Å². The molecule has 7 heteroatoms. The highest BCUT2D eigenvalue weighted by Gasteiger charge is 2.32. The van der Waals surface area contributed by atoms with Crippen LogP contribution >= 0.6 is 0 Å². The number of alkyl halides is 3. The number of anilines is 2. The summed E-state index contributed by atoms with van der Waals surface area (Å²) in [6.45, 7) is 2.93. The number of halogens is 3. The first-order valence-electron chi connectivity index (χ1n) is 9.44. The molecule has 2 N–H and O–H groups in total. The lowest BCUT2D eigenvalue weighted by Gasteiger charge is -2.14. The fourth-order valence-corrected chi connectivity index (χ4v) is 3.63. The van der Waals surface area contributed by atoms with Crippen LogP contribution in [-0.2, 0) is 19.1 Å². The molecule has 3 heterocycles. The van der Waals surface area contributed by atoms with Crippen molar-refractivity contribution in [2.24, 2.45) is 0 Å². The van der Waals surface area contributed by atoms with Crippen LogP contribution in [0.25, 0.3) is 0 Å².